The lowest BCUT2D eigenvalue weighted by molar-refractivity contribution is -0.125. The van der Waals surface area contributed by atoms with E-state index in [0.29, 0.717) is 0 Å². The van der Waals surface area contributed by atoms with E-state index in [4.69, 9.17) is 0 Å². The molecule has 0 aliphatic rings. The number of nitrogens with one attached hydrogen (secondary N) is 2. The summed E-state index contributed by atoms with van der Waals surface area (Å²) in [5, 5.41) is 4.60. The molecule has 0 bridgehead atoms. The van der Waals surface area contributed by atoms with Crippen LogP contribution in [0, 0.1) is 0 Å². The van der Waals surface area contributed by atoms with E-state index >= 15 is 0 Å². The molecule has 2 atom stereocenters. The van der Waals surface area contributed by atoms with Gasteiger partial charge in [0.05, 0.1) is 0 Å². The van der Waals surface area contributed by atoms with E-state index in [1.54, 1.807) is 0 Å². The van der Waals surface area contributed by atoms with Crippen LogP contribution in [0.3, 0.4) is 0 Å². The van der Waals surface area contributed by atoms with E-state index in [1.165, 1.54) is 20.8 Å². The summed E-state index contributed by atoms with van der Waals surface area (Å²) in [4.78, 5) is 32.7. The molecule has 6 heteroatoms. The lowest BCUT2D eigenvalue weighted by Crippen LogP contribution is -2.48. The molecule has 0 aliphatic heterocycles. The number of carbonyl (C=O) groups excluding carboxylic acids is 3. The van der Waals surface area contributed by atoms with Crippen LogP contribution in [0.1, 0.15) is 20.8 Å². The van der Waals surface area contributed by atoms with Crippen molar-refractivity contribution in [2.24, 2.45) is 0 Å². The highest BCUT2D eigenvalue weighted by Crippen LogP contribution is 2.02. The second kappa shape index (κ2) is 6.44. The molecular weight excluding hydrogens is 216 g/mol. The number of carbonyl (C=O) groups is 3. The van der Waals surface area contributed by atoms with E-state index in [1.807, 2.05) is 0 Å². The van der Waals surface area contributed by atoms with Gasteiger partial charge in [-0.3, -0.25) is 14.4 Å². The normalized spacial score (nSPS) is 13.9. The lowest BCUT2D eigenvalue weighted by Gasteiger charge is -2.21. The number of hydrogen-bond acceptors (Lipinski definition) is 4. The molecule has 15 heavy (non-hydrogen) atoms. The fraction of sp³-hybridized carbons (Fsp3) is 0.667. The zero-order chi connectivity index (χ0) is 12.0. The summed E-state index contributed by atoms with van der Waals surface area (Å²) in [6, 6.07) is -0.669. The second-order valence-corrected chi connectivity index (χ2v) is 3.96. The summed E-state index contributed by atoms with van der Waals surface area (Å²) >= 11 is 4.16. The number of amides is 2. The maximum atomic E-state index is 11.2. The van der Waals surface area contributed by atoms with Crippen LogP contribution in [0.4, 0.5) is 0 Å². The van der Waals surface area contributed by atoms with Gasteiger partial charge < -0.3 is 10.6 Å². The average molecular weight is 232 g/mol. The Morgan fingerprint density at radius 1 is 1.13 bits per heavy atom. The van der Waals surface area contributed by atoms with Crippen LogP contribution < -0.4 is 10.6 Å². The molecule has 0 aliphatic carbocycles. The van der Waals surface area contributed by atoms with Crippen LogP contribution in [-0.4, -0.2) is 35.4 Å². The van der Waals surface area contributed by atoms with Crippen molar-refractivity contribution in [3.8, 4) is 0 Å². The van der Waals surface area contributed by atoms with Crippen LogP contribution in [0.2, 0.25) is 0 Å². The maximum Gasteiger partial charge on any atom is 0.217 e. The number of hydrogen-bond donors (Lipinski definition) is 3. The van der Waals surface area contributed by atoms with Gasteiger partial charge in [0.15, 0.2) is 5.78 Å². The summed E-state index contributed by atoms with van der Waals surface area (Å²) in [5.41, 5.74) is 0. The molecule has 2 amide bonds. The van der Waals surface area contributed by atoms with E-state index in [9.17, 15) is 14.4 Å². The maximum absolute atomic E-state index is 11.2. The van der Waals surface area contributed by atoms with Crippen molar-refractivity contribution in [3.63, 3.8) is 0 Å². The molecule has 0 fully saturated rings. The Kier molecular flexibility index (Phi) is 6.00. The third kappa shape index (κ3) is 6.11. The van der Waals surface area contributed by atoms with Crippen LogP contribution in [-0.2, 0) is 14.4 Å². The first kappa shape index (κ1) is 14.0. The second-order valence-electron chi connectivity index (χ2n) is 3.29. The Morgan fingerprint density at radius 2 is 1.67 bits per heavy atom. The Labute approximate surface area is 94.4 Å². The summed E-state index contributed by atoms with van der Waals surface area (Å²) in [6.45, 7) is 4.32. The van der Waals surface area contributed by atoms with E-state index in [-0.39, 0.29) is 24.1 Å². The SMILES string of the molecule is CC(=O)NCC(S)C(NC(C)=O)C(C)=O. The third-order valence-electron chi connectivity index (χ3n) is 1.74. The molecule has 2 unspecified atom stereocenters. The standard InChI is InChI=1S/C9H16N2O3S/c1-5(12)9(11-7(3)14)8(15)4-10-6(2)13/h8-9,15H,4H2,1-3H3,(H,10,13)(H,11,14). The van der Waals surface area contributed by atoms with Gasteiger partial charge in [-0.2, -0.15) is 12.6 Å². The third-order valence-corrected chi connectivity index (χ3v) is 2.22. The average Bonchev–Trinajstić information content (AvgIpc) is 2.09. The summed E-state index contributed by atoms with van der Waals surface area (Å²) < 4.78 is 0. The molecule has 0 aromatic heterocycles. The molecule has 0 saturated heterocycles. The van der Waals surface area contributed by atoms with Crippen molar-refractivity contribution in [1.29, 1.82) is 0 Å². The molecule has 0 heterocycles. The minimum Gasteiger partial charge on any atom is -0.355 e. The van der Waals surface area contributed by atoms with Crippen LogP contribution >= 0.6 is 12.6 Å². The van der Waals surface area contributed by atoms with Crippen LogP contribution in [0.15, 0.2) is 0 Å². The molecule has 0 aromatic carbocycles. The molecule has 0 spiro atoms. The summed E-state index contributed by atoms with van der Waals surface area (Å²) in [7, 11) is 0. The van der Waals surface area contributed by atoms with Gasteiger partial charge in [0.1, 0.15) is 6.04 Å². The van der Waals surface area contributed by atoms with Crippen molar-refractivity contribution in [2.45, 2.75) is 32.1 Å². The predicted molar refractivity (Wildman–Crippen MR) is 59.7 cm³/mol. The Balaban J connectivity index is 4.28. The molecule has 86 valence electrons. The van der Waals surface area contributed by atoms with E-state index < -0.39 is 11.3 Å². The summed E-state index contributed by atoms with van der Waals surface area (Å²) in [5.74, 6) is -0.674. The zero-order valence-electron chi connectivity index (χ0n) is 9.03. The van der Waals surface area contributed by atoms with E-state index in [0.717, 1.165) is 0 Å². The van der Waals surface area contributed by atoms with Crippen molar-refractivity contribution < 1.29 is 14.4 Å². The van der Waals surface area contributed by atoms with Gasteiger partial charge in [0.25, 0.3) is 0 Å². The fourth-order valence-corrected chi connectivity index (χ4v) is 1.43. The Hall–Kier alpha value is -1.04. The molecule has 0 radical (unpaired) electrons. The van der Waals surface area contributed by atoms with Gasteiger partial charge >= 0.3 is 0 Å². The molecule has 0 rings (SSSR count). The van der Waals surface area contributed by atoms with Gasteiger partial charge in [0.2, 0.25) is 11.8 Å². The fourth-order valence-electron chi connectivity index (χ4n) is 1.05. The van der Waals surface area contributed by atoms with Crippen molar-refractivity contribution in [2.75, 3.05) is 6.54 Å². The largest absolute Gasteiger partial charge is 0.355 e. The van der Waals surface area contributed by atoms with Crippen molar-refractivity contribution in [3.05, 3.63) is 0 Å². The lowest BCUT2D eigenvalue weighted by atomic mass is 10.1. The topological polar surface area (TPSA) is 75.3 Å². The van der Waals surface area contributed by atoms with Crippen LogP contribution in [0.5, 0.6) is 0 Å². The molecule has 0 aromatic rings. The van der Waals surface area contributed by atoms with Gasteiger partial charge in [0, 0.05) is 25.6 Å². The van der Waals surface area contributed by atoms with Gasteiger partial charge in [-0.05, 0) is 6.92 Å². The first-order valence-electron chi connectivity index (χ1n) is 4.54. The van der Waals surface area contributed by atoms with Gasteiger partial charge in [-0.15, -0.1) is 0 Å². The Morgan fingerprint density at radius 3 is 2.00 bits per heavy atom. The predicted octanol–water partition coefficient (Wildman–Crippen LogP) is -0.485. The highest BCUT2D eigenvalue weighted by molar-refractivity contribution is 7.81. The summed E-state index contributed by atoms with van der Waals surface area (Å²) in [6.07, 6.45) is 0. The van der Waals surface area contributed by atoms with Crippen molar-refractivity contribution >= 4 is 30.2 Å². The highest BCUT2D eigenvalue weighted by Gasteiger charge is 2.23. The first-order valence-corrected chi connectivity index (χ1v) is 5.06. The highest BCUT2D eigenvalue weighted by atomic mass is 32.1. The zero-order valence-corrected chi connectivity index (χ0v) is 9.93. The molecule has 0 saturated carbocycles. The van der Waals surface area contributed by atoms with Crippen molar-refractivity contribution in [1.82, 2.24) is 10.6 Å². The quantitative estimate of drug-likeness (QED) is 0.560. The van der Waals surface area contributed by atoms with E-state index in [2.05, 4.69) is 23.3 Å². The molecular formula is C9H16N2O3S. The smallest absolute Gasteiger partial charge is 0.217 e. The Bertz CT molecular complexity index is 268. The number of rotatable bonds is 5. The number of ketones is 1. The number of thiol groups is 1. The minimum atomic E-state index is -0.669. The monoisotopic (exact) mass is 232 g/mol. The minimum absolute atomic E-state index is 0.185. The molecule has 5 nitrogen and oxygen atoms in total. The molecule has 2 N–H and O–H groups in total. The number of Topliss-reactive ketones (excluding diaryl/α,β-unsaturated/α-hetero) is 1. The van der Waals surface area contributed by atoms with Crippen LogP contribution in [0.25, 0.3) is 0 Å². The van der Waals surface area contributed by atoms with Gasteiger partial charge in [-0.1, -0.05) is 0 Å². The van der Waals surface area contributed by atoms with Gasteiger partial charge in [-0.25, -0.2) is 0 Å². The first-order chi connectivity index (χ1) is 6.84.